The van der Waals surface area contributed by atoms with Crippen molar-refractivity contribution in [2.24, 2.45) is 0 Å². The molecule has 1 amide bonds. The Hall–Kier alpha value is -2.63. The molecule has 2 atom stereocenters. The van der Waals surface area contributed by atoms with Gasteiger partial charge in [0.15, 0.2) is 6.04 Å². The minimum absolute atomic E-state index is 0.0348. The first-order valence-corrected chi connectivity index (χ1v) is 10.9. The van der Waals surface area contributed by atoms with Crippen LogP contribution in [0.2, 0.25) is 0 Å². The molecule has 1 heterocycles. The number of methoxy groups -OCH3 is 1. The van der Waals surface area contributed by atoms with E-state index in [1.807, 2.05) is 31.2 Å². The van der Waals surface area contributed by atoms with E-state index >= 15 is 0 Å². The predicted molar refractivity (Wildman–Crippen MR) is 118 cm³/mol. The van der Waals surface area contributed by atoms with E-state index in [1.165, 1.54) is 16.0 Å². The summed E-state index contributed by atoms with van der Waals surface area (Å²) in [6.07, 6.45) is 1.03. The SMILES string of the molecule is CCc1ccc([C@H]([NH2+][C@H](C)C(=O)NCc2ccc(OC)cc2)c2cccs2)cc1. The molecule has 0 saturated heterocycles. The smallest absolute Gasteiger partial charge is 0.278 e. The third-order valence-electron chi connectivity index (χ3n) is 5.12. The molecule has 29 heavy (non-hydrogen) atoms. The fourth-order valence-corrected chi connectivity index (χ4v) is 4.10. The number of thiophene rings is 1. The molecule has 0 fully saturated rings. The van der Waals surface area contributed by atoms with Gasteiger partial charge in [0, 0.05) is 12.1 Å². The van der Waals surface area contributed by atoms with Crippen LogP contribution < -0.4 is 15.4 Å². The van der Waals surface area contributed by atoms with Crippen LogP contribution in [0.4, 0.5) is 0 Å². The van der Waals surface area contributed by atoms with Crippen molar-refractivity contribution in [2.75, 3.05) is 7.11 Å². The van der Waals surface area contributed by atoms with E-state index in [-0.39, 0.29) is 18.0 Å². The number of carbonyl (C=O) groups is 1. The van der Waals surface area contributed by atoms with Gasteiger partial charge < -0.3 is 15.4 Å². The normalized spacial score (nSPS) is 12.9. The fraction of sp³-hybridized carbons (Fsp3) is 0.292. The standard InChI is InChI=1S/C24H28N2O2S/c1-4-18-7-11-20(12-8-18)23(22-6-5-15-29-22)26-17(2)24(27)25-16-19-9-13-21(28-3)14-10-19/h5-15,17,23,26H,4,16H2,1-3H3,(H,25,27)/p+1/t17-,23+/m1/s1. The fourth-order valence-electron chi connectivity index (χ4n) is 3.27. The Labute approximate surface area is 176 Å². The van der Waals surface area contributed by atoms with Gasteiger partial charge in [-0.2, -0.15) is 0 Å². The highest BCUT2D eigenvalue weighted by Gasteiger charge is 2.25. The van der Waals surface area contributed by atoms with E-state index in [1.54, 1.807) is 18.4 Å². The van der Waals surface area contributed by atoms with Crippen LogP contribution in [-0.2, 0) is 17.8 Å². The van der Waals surface area contributed by atoms with Crippen molar-refractivity contribution >= 4 is 17.2 Å². The van der Waals surface area contributed by atoms with Gasteiger partial charge in [0.1, 0.15) is 11.8 Å². The number of quaternary nitrogens is 1. The lowest BCUT2D eigenvalue weighted by Crippen LogP contribution is -2.92. The summed E-state index contributed by atoms with van der Waals surface area (Å²) in [5.41, 5.74) is 3.60. The number of aryl methyl sites for hydroxylation is 1. The van der Waals surface area contributed by atoms with Crippen LogP contribution in [-0.4, -0.2) is 19.1 Å². The molecule has 4 nitrogen and oxygen atoms in total. The molecular weight excluding hydrogens is 380 g/mol. The lowest BCUT2D eigenvalue weighted by molar-refractivity contribution is -0.704. The van der Waals surface area contributed by atoms with Gasteiger partial charge in [-0.3, -0.25) is 4.79 Å². The third kappa shape index (κ3) is 5.68. The minimum atomic E-state index is -0.203. The number of nitrogens with one attached hydrogen (secondary N) is 1. The van der Waals surface area contributed by atoms with E-state index in [0.717, 1.165) is 17.7 Å². The Morgan fingerprint density at radius 2 is 1.76 bits per heavy atom. The Balaban J connectivity index is 1.65. The van der Waals surface area contributed by atoms with Crippen molar-refractivity contribution in [1.29, 1.82) is 0 Å². The molecule has 0 radical (unpaired) electrons. The van der Waals surface area contributed by atoms with Crippen LogP contribution in [0.1, 0.15) is 41.5 Å². The summed E-state index contributed by atoms with van der Waals surface area (Å²) in [6.45, 7) is 4.63. The second kappa shape index (κ2) is 10.2. The second-order valence-electron chi connectivity index (χ2n) is 7.14. The zero-order valence-electron chi connectivity index (χ0n) is 17.2. The molecule has 0 aliphatic carbocycles. The first kappa shape index (κ1) is 21.1. The zero-order chi connectivity index (χ0) is 20.6. The second-order valence-corrected chi connectivity index (χ2v) is 8.11. The summed E-state index contributed by atoms with van der Waals surface area (Å²) >= 11 is 1.73. The summed E-state index contributed by atoms with van der Waals surface area (Å²) < 4.78 is 5.18. The monoisotopic (exact) mass is 409 g/mol. The van der Waals surface area contributed by atoms with Crippen molar-refractivity contribution in [3.8, 4) is 5.75 Å². The average molecular weight is 410 g/mol. The first-order valence-electron chi connectivity index (χ1n) is 9.98. The van der Waals surface area contributed by atoms with E-state index < -0.39 is 0 Å². The molecule has 0 aliphatic heterocycles. The maximum Gasteiger partial charge on any atom is 0.278 e. The summed E-state index contributed by atoms with van der Waals surface area (Å²) in [5.74, 6) is 0.849. The van der Waals surface area contributed by atoms with Crippen LogP contribution in [0.15, 0.2) is 66.0 Å². The number of hydrogen-bond acceptors (Lipinski definition) is 3. The molecule has 0 spiro atoms. The number of ether oxygens (including phenoxy) is 1. The van der Waals surface area contributed by atoms with Crippen molar-refractivity contribution in [2.45, 2.75) is 38.9 Å². The average Bonchev–Trinajstić information content (AvgIpc) is 3.30. The summed E-state index contributed by atoms with van der Waals surface area (Å²) in [7, 11) is 1.65. The lowest BCUT2D eigenvalue weighted by Gasteiger charge is -2.20. The van der Waals surface area contributed by atoms with Crippen LogP contribution in [0.5, 0.6) is 5.75 Å². The molecular formula is C24H29N2O2S+. The molecule has 2 aromatic carbocycles. The van der Waals surface area contributed by atoms with Gasteiger partial charge in [-0.15, -0.1) is 11.3 Å². The highest BCUT2D eigenvalue weighted by atomic mass is 32.1. The Bertz CT molecular complexity index is 890. The first-order chi connectivity index (χ1) is 14.1. The molecule has 3 N–H and O–H groups in total. The van der Waals surface area contributed by atoms with E-state index in [0.29, 0.717) is 6.54 Å². The Morgan fingerprint density at radius 1 is 1.07 bits per heavy atom. The lowest BCUT2D eigenvalue weighted by atomic mass is 10.0. The maximum atomic E-state index is 12.7. The maximum absolute atomic E-state index is 12.7. The van der Waals surface area contributed by atoms with Crippen LogP contribution in [0, 0.1) is 0 Å². The van der Waals surface area contributed by atoms with Gasteiger partial charge in [0.05, 0.1) is 12.0 Å². The predicted octanol–water partition coefficient (Wildman–Crippen LogP) is 3.68. The van der Waals surface area contributed by atoms with Gasteiger partial charge in [-0.25, -0.2) is 0 Å². The Kier molecular flexibility index (Phi) is 7.44. The molecule has 1 aromatic heterocycles. The molecule has 5 heteroatoms. The number of rotatable bonds is 9. The van der Waals surface area contributed by atoms with E-state index in [4.69, 9.17) is 4.74 Å². The van der Waals surface area contributed by atoms with Crippen molar-refractivity contribution in [3.05, 3.63) is 87.6 Å². The van der Waals surface area contributed by atoms with Gasteiger partial charge in [-0.1, -0.05) is 49.4 Å². The topological polar surface area (TPSA) is 54.9 Å². The molecule has 0 aliphatic rings. The molecule has 0 saturated carbocycles. The minimum Gasteiger partial charge on any atom is -0.497 e. The number of amides is 1. The van der Waals surface area contributed by atoms with Gasteiger partial charge in [0.2, 0.25) is 0 Å². The van der Waals surface area contributed by atoms with Crippen LogP contribution in [0.25, 0.3) is 0 Å². The largest absolute Gasteiger partial charge is 0.497 e. The quantitative estimate of drug-likeness (QED) is 0.566. The van der Waals surface area contributed by atoms with Crippen LogP contribution >= 0.6 is 11.3 Å². The van der Waals surface area contributed by atoms with Crippen molar-refractivity contribution < 1.29 is 14.8 Å². The number of hydrogen-bond donors (Lipinski definition) is 2. The van der Waals surface area contributed by atoms with Gasteiger partial charge in [0.25, 0.3) is 5.91 Å². The zero-order valence-corrected chi connectivity index (χ0v) is 18.0. The Morgan fingerprint density at radius 3 is 2.34 bits per heavy atom. The van der Waals surface area contributed by atoms with Crippen molar-refractivity contribution in [1.82, 2.24) is 5.32 Å². The number of benzene rings is 2. The molecule has 152 valence electrons. The molecule has 0 unspecified atom stereocenters. The highest BCUT2D eigenvalue weighted by Crippen LogP contribution is 2.23. The highest BCUT2D eigenvalue weighted by molar-refractivity contribution is 7.10. The third-order valence-corrected chi connectivity index (χ3v) is 6.07. The number of carbonyl (C=O) groups excluding carboxylic acids is 1. The van der Waals surface area contributed by atoms with Crippen LogP contribution in [0.3, 0.4) is 0 Å². The molecule has 3 rings (SSSR count). The van der Waals surface area contributed by atoms with Crippen molar-refractivity contribution in [3.63, 3.8) is 0 Å². The summed E-state index contributed by atoms with van der Waals surface area (Å²) in [5, 5.41) is 7.29. The molecule has 3 aromatic rings. The number of nitrogens with two attached hydrogens (primary N) is 1. The molecule has 0 bridgehead atoms. The summed E-state index contributed by atoms with van der Waals surface area (Å²) in [4.78, 5) is 14.0. The van der Waals surface area contributed by atoms with Gasteiger partial charge >= 0.3 is 0 Å². The van der Waals surface area contributed by atoms with Gasteiger partial charge in [-0.05, 0) is 48.1 Å². The van der Waals surface area contributed by atoms with E-state index in [2.05, 4.69) is 59.3 Å². The van der Waals surface area contributed by atoms with E-state index in [9.17, 15) is 4.79 Å². The summed E-state index contributed by atoms with van der Waals surface area (Å²) in [6, 6.07) is 20.6.